The van der Waals surface area contributed by atoms with Crippen LogP contribution in [0.3, 0.4) is 0 Å². The number of hydrogen-bond donors (Lipinski definition) is 3. The standard InChI is InChI=1S/C14H18FN5O/c1-8-5-6-20(7-10(8)16)14-17-13(18-19-14)12-9(15)3-2-4-11(12)21/h2-4,8,10,21H,5-7,16H2,1H3,(H,17,18,19). The Morgan fingerprint density at radius 1 is 1.48 bits per heavy atom. The van der Waals surface area contributed by atoms with E-state index < -0.39 is 5.82 Å². The van der Waals surface area contributed by atoms with Crippen molar-refractivity contribution in [3.05, 3.63) is 24.0 Å². The fraction of sp³-hybridized carbons (Fsp3) is 0.429. The van der Waals surface area contributed by atoms with Crippen LogP contribution in [0.25, 0.3) is 11.4 Å². The average Bonchev–Trinajstić information content (AvgIpc) is 2.91. The smallest absolute Gasteiger partial charge is 0.245 e. The van der Waals surface area contributed by atoms with Crippen LogP contribution in [0.5, 0.6) is 5.75 Å². The number of aromatic hydroxyl groups is 1. The Morgan fingerprint density at radius 3 is 3.00 bits per heavy atom. The van der Waals surface area contributed by atoms with Gasteiger partial charge in [-0.3, -0.25) is 5.10 Å². The van der Waals surface area contributed by atoms with Crippen molar-refractivity contribution >= 4 is 5.95 Å². The Kier molecular flexibility index (Phi) is 3.50. The lowest BCUT2D eigenvalue weighted by molar-refractivity contribution is 0.376. The fourth-order valence-corrected chi connectivity index (χ4v) is 2.53. The molecular weight excluding hydrogens is 273 g/mol. The predicted molar refractivity (Wildman–Crippen MR) is 77.4 cm³/mol. The van der Waals surface area contributed by atoms with Crippen molar-refractivity contribution in [1.29, 1.82) is 0 Å². The molecule has 0 bridgehead atoms. The first kappa shape index (κ1) is 13.8. The number of piperidine rings is 1. The first-order valence-corrected chi connectivity index (χ1v) is 6.97. The number of H-pyrrole nitrogens is 1. The molecule has 2 heterocycles. The van der Waals surface area contributed by atoms with Crippen LogP contribution < -0.4 is 10.6 Å². The molecule has 3 rings (SSSR count). The highest BCUT2D eigenvalue weighted by atomic mass is 19.1. The minimum Gasteiger partial charge on any atom is -0.507 e. The number of anilines is 1. The van der Waals surface area contributed by atoms with Gasteiger partial charge in [-0.1, -0.05) is 13.0 Å². The van der Waals surface area contributed by atoms with E-state index in [4.69, 9.17) is 5.73 Å². The zero-order chi connectivity index (χ0) is 15.0. The molecule has 0 aliphatic carbocycles. The fourth-order valence-electron chi connectivity index (χ4n) is 2.53. The summed E-state index contributed by atoms with van der Waals surface area (Å²) in [4.78, 5) is 6.26. The minimum atomic E-state index is -0.540. The molecule has 21 heavy (non-hydrogen) atoms. The maximum Gasteiger partial charge on any atom is 0.245 e. The van der Waals surface area contributed by atoms with Crippen molar-refractivity contribution in [2.75, 3.05) is 18.0 Å². The van der Waals surface area contributed by atoms with E-state index in [0.29, 0.717) is 18.4 Å². The van der Waals surface area contributed by atoms with E-state index in [0.717, 1.165) is 13.0 Å². The summed E-state index contributed by atoms with van der Waals surface area (Å²) in [7, 11) is 0. The molecule has 1 aliphatic rings. The van der Waals surface area contributed by atoms with E-state index in [1.54, 1.807) is 0 Å². The third-order valence-corrected chi connectivity index (χ3v) is 4.00. The number of benzene rings is 1. The molecule has 2 aromatic rings. The van der Waals surface area contributed by atoms with Gasteiger partial charge in [0.15, 0.2) is 5.82 Å². The highest BCUT2D eigenvalue weighted by Gasteiger charge is 2.26. The number of phenolic OH excluding ortho intramolecular Hbond substituents is 1. The number of hydrogen-bond acceptors (Lipinski definition) is 5. The number of rotatable bonds is 2. The second-order valence-electron chi connectivity index (χ2n) is 5.49. The number of nitrogens with one attached hydrogen (secondary N) is 1. The van der Waals surface area contributed by atoms with Crippen LogP contribution in [0.4, 0.5) is 10.3 Å². The van der Waals surface area contributed by atoms with Crippen molar-refractivity contribution in [2.24, 2.45) is 11.7 Å². The first-order valence-electron chi connectivity index (χ1n) is 6.97. The maximum atomic E-state index is 13.8. The normalized spacial score (nSPS) is 22.5. The molecule has 7 heteroatoms. The summed E-state index contributed by atoms with van der Waals surface area (Å²) in [5.41, 5.74) is 6.10. The first-order chi connectivity index (χ1) is 10.1. The summed E-state index contributed by atoms with van der Waals surface area (Å²) in [6.45, 7) is 3.61. The predicted octanol–water partition coefficient (Wildman–Crippen LogP) is 1.49. The van der Waals surface area contributed by atoms with E-state index in [-0.39, 0.29) is 23.2 Å². The third-order valence-electron chi connectivity index (χ3n) is 4.00. The van der Waals surface area contributed by atoms with Gasteiger partial charge >= 0.3 is 0 Å². The molecule has 4 N–H and O–H groups in total. The molecule has 2 atom stereocenters. The summed E-state index contributed by atoms with van der Waals surface area (Å²) < 4.78 is 13.8. The lowest BCUT2D eigenvalue weighted by Gasteiger charge is -2.34. The molecule has 6 nitrogen and oxygen atoms in total. The summed E-state index contributed by atoms with van der Waals surface area (Å²) in [5, 5.41) is 16.6. The third kappa shape index (κ3) is 2.56. The van der Waals surface area contributed by atoms with Gasteiger partial charge in [0, 0.05) is 19.1 Å². The molecule has 0 saturated carbocycles. The summed E-state index contributed by atoms with van der Waals surface area (Å²) in [6, 6.07) is 4.20. The van der Waals surface area contributed by atoms with Gasteiger partial charge in [0.05, 0.1) is 5.56 Å². The number of aromatic amines is 1. The van der Waals surface area contributed by atoms with Gasteiger partial charge in [-0.15, -0.1) is 5.10 Å². The Labute approximate surface area is 121 Å². The molecule has 1 aromatic carbocycles. The van der Waals surface area contributed by atoms with Gasteiger partial charge < -0.3 is 15.7 Å². The minimum absolute atomic E-state index is 0.0333. The Balaban J connectivity index is 1.87. The zero-order valence-electron chi connectivity index (χ0n) is 11.8. The molecule has 1 fully saturated rings. The van der Waals surface area contributed by atoms with Gasteiger partial charge in [0.1, 0.15) is 11.6 Å². The molecule has 0 radical (unpaired) electrons. The molecule has 1 saturated heterocycles. The van der Waals surface area contributed by atoms with Crippen LogP contribution in [-0.2, 0) is 0 Å². The lowest BCUT2D eigenvalue weighted by Crippen LogP contribution is -2.48. The number of phenols is 1. The van der Waals surface area contributed by atoms with Crippen LogP contribution in [0.2, 0.25) is 0 Å². The second-order valence-corrected chi connectivity index (χ2v) is 5.49. The van der Waals surface area contributed by atoms with E-state index in [2.05, 4.69) is 22.1 Å². The highest BCUT2D eigenvalue weighted by Crippen LogP contribution is 2.30. The van der Waals surface area contributed by atoms with Crippen LogP contribution in [-0.4, -0.2) is 39.4 Å². The highest BCUT2D eigenvalue weighted by molar-refractivity contribution is 5.65. The topological polar surface area (TPSA) is 91.1 Å². The van der Waals surface area contributed by atoms with Crippen molar-refractivity contribution in [2.45, 2.75) is 19.4 Å². The van der Waals surface area contributed by atoms with Gasteiger partial charge in [0.25, 0.3) is 0 Å². The van der Waals surface area contributed by atoms with Gasteiger partial charge in [-0.05, 0) is 24.5 Å². The number of aromatic nitrogens is 3. The zero-order valence-corrected chi connectivity index (χ0v) is 11.8. The quantitative estimate of drug-likeness (QED) is 0.780. The van der Waals surface area contributed by atoms with E-state index in [1.165, 1.54) is 18.2 Å². The summed E-state index contributed by atoms with van der Waals surface area (Å²) in [5.74, 6) is 0.460. The maximum absolute atomic E-state index is 13.8. The van der Waals surface area contributed by atoms with Crippen LogP contribution in [0.15, 0.2) is 18.2 Å². The number of nitrogens with two attached hydrogens (primary N) is 1. The molecule has 1 aliphatic heterocycles. The van der Waals surface area contributed by atoms with Crippen molar-refractivity contribution in [1.82, 2.24) is 15.2 Å². The summed E-state index contributed by atoms with van der Waals surface area (Å²) >= 11 is 0. The molecular formula is C14H18FN5O. The Morgan fingerprint density at radius 2 is 2.29 bits per heavy atom. The van der Waals surface area contributed by atoms with Crippen LogP contribution >= 0.6 is 0 Å². The Bertz CT molecular complexity index is 624. The average molecular weight is 291 g/mol. The van der Waals surface area contributed by atoms with Crippen molar-refractivity contribution in [3.8, 4) is 17.1 Å². The van der Waals surface area contributed by atoms with Crippen molar-refractivity contribution in [3.63, 3.8) is 0 Å². The number of halogens is 1. The molecule has 0 amide bonds. The molecule has 0 spiro atoms. The van der Waals surface area contributed by atoms with E-state index in [9.17, 15) is 9.50 Å². The SMILES string of the molecule is CC1CCN(c2n[nH]c(-c3c(O)cccc3F)n2)CC1N. The van der Waals surface area contributed by atoms with Gasteiger partial charge in [-0.2, -0.15) is 4.98 Å². The monoisotopic (exact) mass is 291 g/mol. The van der Waals surface area contributed by atoms with Gasteiger partial charge in [0.2, 0.25) is 5.95 Å². The molecule has 2 unspecified atom stereocenters. The van der Waals surface area contributed by atoms with Gasteiger partial charge in [-0.25, -0.2) is 4.39 Å². The van der Waals surface area contributed by atoms with E-state index >= 15 is 0 Å². The second kappa shape index (κ2) is 5.33. The van der Waals surface area contributed by atoms with Crippen molar-refractivity contribution < 1.29 is 9.50 Å². The number of nitrogens with zero attached hydrogens (tertiary/aromatic N) is 3. The van der Waals surface area contributed by atoms with E-state index in [1.807, 2.05) is 4.90 Å². The molecule has 112 valence electrons. The lowest BCUT2D eigenvalue weighted by atomic mass is 9.95. The van der Waals surface area contributed by atoms with Crippen LogP contribution in [0, 0.1) is 11.7 Å². The Hall–Kier alpha value is -2.15. The molecule has 1 aromatic heterocycles. The van der Waals surface area contributed by atoms with Crippen LogP contribution in [0.1, 0.15) is 13.3 Å². The summed E-state index contributed by atoms with van der Waals surface area (Å²) in [6.07, 6.45) is 0.968. The largest absolute Gasteiger partial charge is 0.507 e.